The van der Waals surface area contributed by atoms with E-state index in [1.54, 1.807) is 29.1 Å². The van der Waals surface area contributed by atoms with Crippen LogP contribution in [0.4, 0.5) is 14.5 Å². The van der Waals surface area contributed by atoms with Gasteiger partial charge in [-0.3, -0.25) is 9.88 Å². The lowest BCUT2D eigenvalue weighted by molar-refractivity contribution is 0.201. The second-order valence-corrected chi connectivity index (χ2v) is 9.15. The number of pyridine rings is 1. The average molecular weight is 498 g/mol. The fraction of sp³-hybridized carbons (Fsp3) is 0.214. The molecule has 3 aromatic carbocycles. The zero-order valence-corrected chi connectivity index (χ0v) is 20.1. The maximum absolute atomic E-state index is 14.4. The van der Waals surface area contributed by atoms with Gasteiger partial charge in [0.25, 0.3) is 0 Å². The Bertz CT molecular complexity index is 1510. The van der Waals surface area contributed by atoms with Crippen LogP contribution in [0.25, 0.3) is 10.9 Å². The molecule has 1 saturated heterocycles. The third-order valence-corrected chi connectivity index (χ3v) is 6.87. The second kappa shape index (κ2) is 10.0. The third-order valence-electron chi connectivity index (χ3n) is 6.87. The summed E-state index contributed by atoms with van der Waals surface area (Å²) in [6.07, 6.45) is 1.78. The molecule has 37 heavy (non-hydrogen) atoms. The molecule has 5 aromatic rings. The quantitative estimate of drug-likeness (QED) is 0.345. The summed E-state index contributed by atoms with van der Waals surface area (Å²) in [5.74, 6) is 0.209. The third kappa shape index (κ3) is 4.77. The molecule has 186 valence electrons. The highest BCUT2D eigenvalue weighted by Crippen LogP contribution is 2.31. The van der Waals surface area contributed by atoms with Crippen molar-refractivity contribution in [2.45, 2.75) is 12.6 Å². The van der Waals surface area contributed by atoms with Gasteiger partial charge in [0.15, 0.2) is 5.82 Å². The van der Waals surface area contributed by atoms with E-state index in [0.717, 1.165) is 22.0 Å². The van der Waals surface area contributed by atoms with E-state index in [9.17, 15) is 8.78 Å². The first-order chi connectivity index (χ1) is 18.2. The Hall–Kier alpha value is -4.24. The normalized spacial score (nSPS) is 15.2. The van der Waals surface area contributed by atoms with Crippen LogP contribution in [0, 0.1) is 11.6 Å². The molecule has 1 aliphatic rings. The number of para-hydroxylation sites is 1. The average Bonchev–Trinajstić information content (AvgIpc) is 3.38. The van der Waals surface area contributed by atoms with Crippen LogP contribution in [0.3, 0.4) is 0 Å². The van der Waals surface area contributed by atoms with E-state index in [0.29, 0.717) is 44.2 Å². The second-order valence-electron chi connectivity index (χ2n) is 9.15. The van der Waals surface area contributed by atoms with Gasteiger partial charge in [-0.25, -0.2) is 13.5 Å². The number of anilines is 1. The highest BCUT2D eigenvalue weighted by Gasteiger charge is 2.31. The smallest absolute Gasteiger partial charge is 0.173 e. The monoisotopic (exact) mass is 497 g/mol. The molecule has 1 aliphatic heterocycles. The van der Waals surface area contributed by atoms with E-state index < -0.39 is 0 Å². The van der Waals surface area contributed by atoms with Crippen LogP contribution in [0.15, 0.2) is 85.1 Å². The molecule has 0 N–H and O–H groups in total. The summed E-state index contributed by atoms with van der Waals surface area (Å²) < 4.78 is 29.7. The Morgan fingerprint density at radius 1 is 0.838 bits per heavy atom. The molecule has 0 spiro atoms. The first kappa shape index (κ1) is 23.2. The fourth-order valence-corrected chi connectivity index (χ4v) is 5.00. The maximum Gasteiger partial charge on any atom is 0.173 e. The Balaban J connectivity index is 1.34. The van der Waals surface area contributed by atoms with E-state index in [2.05, 4.69) is 42.4 Å². The Labute approximate surface area is 213 Å². The van der Waals surface area contributed by atoms with Crippen molar-refractivity contribution in [1.82, 2.24) is 30.1 Å². The predicted molar refractivity (Wildman–Crippen MR) is 137 cm³/mol. The number of benzene rings is 3. The first-order valence-electron chi connectivity index (χ1n) is 12.2. The molecule has 7 nitrogen and oxygen atoms in total. The van der Waals surface area contributed by atoms with E-state index in [1.165, 1.54) is 18.2 Å². The molecule has 0 aliphatic carbocycles. The number of tetrazole rings is 1. The molecule has 0 radical (unpaired) electrons. The van der Waals surface area contributed by atoms with Gasteiger partial charge >= 0.3 is 0 Å². The molecule has 6 rings (SSSR count). The summed E-state index contributed by atoms with van der Waals surface area (Å²) in [7, 11) is 0. The topological polar surface area (TPSA) is 63.0 Å². The van der Waals surface area contributed by atoms with Gasteiger partial charge in [0.05, 0.1) is 23.8 Å². The van der Waals surface area contributed by atoms with Crippen molar-refractivity contribution in [3.05, 3.63) is 114 Å². The van der Waals surface area contributed by atoms with Gasteiger partial charge in [0.2, 0.25) is 0 Å². The van der Waals surface area contributed by atoms with Crippen molar-refractivity contribution >= 4 is 16.6 Å². The summed E-state index contributed by atoms with van der Waals surface area (Å²) in [5, 5.41) is 13.8. The minimum Gasteiger partial charge on any atom is -0.367 e. The lowest BCUT2D eigenvalue weighted by Gasteiger charge is -2.40. The van der Waals surface area contributed by atoms with Crippen molar-refractivity contribution in [1.29, 1.82) is 0 Å². The molecule has 9 heteroatoms. The number of hydrogen-bond acceptors (Lipinski definition) is 6. The van der Waals surface area contributed by atoms with Crippen LogP contribution < -0.4 is 4.90 Å². The van der Waals surface area contributed by atoms with Crippen LogP contribution in [-0.2, 0) is 6.54 Å². The Morgan fingerprint density at radius 2 is 1.65 bits per heavy atom. The molecule has 0 bridgehead atoms. The lowest BCUT2D eigenvalue weighted by Crippen LogP contribution is -2.48. The summed E-state index contributed by atoms with van der Waals surface area (Å²) in [4.78, 5) is 8.87. The van der Waals surface area contributed by atoms with Crippen molar-refractivity contribution in [2.75, 3.05) is 31.1 Å². The molecule has 3 heterocycles. The molecular formula is C28H25F2N7. The van der Waals surface area contributed by atoms with Crippen molar-refractivity contribution < 1.29 is 8.78 Å². The van der Waals surface area contributed by atoms with Crippen LogP contribution in [0.2, 0.25) is 0 Å². The Morgan fingerprint density at radius 3 is 2.46 bits per heavy atom. The fourth-order valence-electron chi connectivity index (χ4n) is 5.00. The summed E-state index contributed by atoms with van der Waals surface area (Å²) >= 11 is 0. The van der Waals surface area contributed by atoms with Gasteiger partial charge in [0, 0.05) is 37.8 Å². The van der Waals surface area contributed by atoms with Gasteiger partial charge in [-0.15, -0.1) is 5.10 Å². The number of rotatable bonds is 6. The number of halogens is 2. The summed E-state index contributed by atoms with van der Waals surface area (Å²) in [6, 6.07) is 23.2. The van der Waals surface area contributed by atoms with E-state index in [1.807, 2.05) is 30.3 Å². The Kier molecular flexibility index (Phi) is 6.28. The standard InChI is InChI=1S/C28H25F2N7/c29-23-10-7-20(8-11-23)19-37-28(32-33-34-37)27(22-9-12-25-21(18-22)4-3-13-31-25)36-16-14-35(15-17-36)26-6-2-1-5-24(26)30/h1-13,18,27H,14-17,19H2/t27-/m0/s1. The minimum atomic E-state index is -0.281. The largest absolute Gasteiger partial charge is 0.367 e. The molecule has 1 fully saturated rings. The molecule has 0 unspecified atom stereocenters. The van der Waals surface area contributed by atoms with E-state index >= 15 is 0 Å². The van der Waals surface area contributed by atoms with Crippen molar-refractivity contribution in [2.24, 2.45) is 0 Å². The highest BCUT2D eigenvalue weighted by atomic mass is 19.1. The van der Waals surface area contributed by atoms with Gasteiger partial charge in [-0.1, -0.05) is 36.4 Å². The highest BCUT2D eigenvalue weighted by molar-refractivity contribution is 5.79. The van der Waals surface area contributed by atoms with Gasteiger partial charge in [0.1, 0.15) is 11.6 Å². The zero-order chi connectivity index (χ0) is 25.2. The minimum absolute atomic E-state index is 0.210. The van der Waals surface area contributed by atoms with Crippen LogP contribution in [0.1, 0.15) is 23.0 Å². The van der Waals surface area contributed by atoms with Gasteiger partial charge < -0.3 is 4.90 Å². The molecular weight excluding hydrogens is 472 g/mol. The van der Waals surface area contributed by atoms with Gasteiger partial charge in [-0.05, 0) is 64.0 Å². The van der Waals surface area contributed by atoms with Crippen molar-refractivity contribution in [3.8, 4) is 0 Å². The molecule has 0 amide bonds. The summed E-state index contributed by atoms with van der Waals surface area (Å²) in [5.41, 5.74) is 3.49. The molecule has 2 aromatic heterocycles. The zero-order valence-electron chi connectivity index (χ0n) is 20.1. The van der Waals surface area contributed by atoms with E-state index in [4.69, 9.17) is 0 Å². The first-order valence-corrected chi connectivity index (χ1v) is 12.2. The van der Waals surface area contributed by atoms with Crippen LogP contribution in [-0.4, -0.2) is 56.3 Å². The molecule has 0 saturated carbocycles. The number of piperazine rings is 1. The molecule has 1 atom stereocenters. The number of aromatic nitrogens is 5. The van der Waals surface area contributed by atoms with Gasteiger partial charge in [-0.2, -0.15) is 0 Å². The van der Waals surface area contributed by atoms with Crippen molar-refractivity contribution in [3.63, 3.8) is 0 Å². The SMILES string of the molecule is Fc1ccc(Cn2nnnc2[C@H](c2ccc3ncccc3c2)N2CCN(c3ccccc3F)CC2)cc1. The number of nitrogens with zero attached hydrogens (tertiary/aromatic N) is 7. The predicted octanol–water partition coefficient (Wildman–Crippen LogP) is 4.46. The maximum atomic E-state index is 14.4. The summed E-state index contributed by atoms with van der Waals surface area (Å²) in [6.45, 7) is 3.17. The number of fused-ring (bicyclic) bond motifs is 1. The lowest BCUT2D eigenvalue weighted by atomic mass is 10.0. The van der Waals surface area contributed by atoms with Crippen LogP contribution in [0.5, 0.6) is 0 Å². The van der Waals surface area contributed by atoms with Crippen LogP contribution >= 0.6 is 0 Å². The number of hydrogen-bond donors (Lipinski definition) is 0. The van der Waals surface area contributed by atoms with E-state index in [-0.39, 0.29) is 17.7 Å².